The van der Waals surface area contributed by atoms with Gasteiger partial charge in [0.05, 0.1) is 18.1 Å². The molecule has 1 atom stereocenters. The van der Waals surface area contributed by atoms with E-state index in [4.69, 9.17) is 4.74 Å². The largest absolute Gasteiger partial charge is 0.497 e. The second-order valence-corrected chi connectivity index (χ2v) is 8.49. The van der Waals surface area contributed by atoms with Gasteiger partial charge in [0, 0.05) is 0 Å². The predicted molar refractivity (Wildman–Crippen MR) is 93.3 cm³/mol. The van der Waals surface area contributed by atoms with Gasteiger partial charge in [0.15, 0.2) is 9.84 Å². The Bertz CT molecular complexity index is 506. The highest BCUT2D eigenvalue weighted by Gasteiger charge is 2.17. The Morgan fingerprint density at radius 1 is 1.00 bits per heavy atom. The lowest BCUT2D eigenvalue weighted by molar-refractivity contribution is 0.414. The topological polar surface area (TPSA) is 43.4 Å². The van der Waals surface area contributed by atoms with Gasteiger partial charge >= 0.3 is 0 Å². The summed E-state index contributed by atoms with van der Waals surface area (Å²) in [6.45, 7) is 3.74. The van der Waals surface area contributed by atoms with Crippen LogP contribution < -0.4 is 4.74 Å². The molecule has 0 heterocycles. The van der Waals surface area contributed by atoms with E-state index in [0.29, 0.717) is 12.2 Å². The third kappa shape index (κ3) is 6.82. The van der Waals surface area contributed by atoms with Gasteiger partial charge in [0.2, 0.25) is 0 Å². The lowest BCUT2D eigenvalue weighted by Gasteiger charge is -2.10. The van der Waals surface area contributed by atoms with Gasteiger partial charge in [-0.1, -0.05) is 38.3 Å². The Morgan fingerprint density at radius 2 is 1.59 bits per heavy atom. The van der Waals surface area contributed by atoms with E-state index in [2.05, 4.69) is 12.1 Å². The first kappa shape index (κ1) is 19.0. The van der Waals surface area contributed by atoms with Crippen molar-refractivity contribution in [1.29, 1.82) is 0 Å². The standard InChI is InChI=1S/C18H30O3S/c1-4-16(2)22(19,20)15-9-7-5-6-8-10-17-11-13-18(21-3)14-12-17/h11-14,16H,4-10,15H2,1-3H3. The molecule has 0 spiro atoms. The van der Waals surface area contributed by atoms with Crippen LogP contribution in [-0.4, -0.2) is 26.5 Å². The maximum atomic E-state index is 11.9. The van der Waals surface area contributed by atoms with Crippen molar-refractivity contribution in [3.8, 4) is 5.75 Å². The summed E-state index contributed by atoms with van der Waals surface area (Å²) in [6.07, 6.45) is 7.04. The first-order valence-electron chi connectivity index (χ1n) is 8.34. The number of rotatable bonds is 11. The molecule has 0 saturated carbocycles. The molecule has 0 radical (unpaired) electrons. The summed E-state index contributed by atoms with van der Waals surface area (Å²) in [5.41, 5.74) is 1.33. The van der Waals surface area contributed by atoms with E-state index >= 15 is 0 Å². The number of ether oxygens (including phenoxy) is 1. The zero-order valence-corrected chi connectivity index (χ0v) is 15.0. The van der Waals surface area contributed by atoms with Gasteiger partial charge in [-0.15, -0.1) is 0 Å². The minimum atomic E-state index is -2.86. The predicted octanol–water partition coefficient (Wildman–Crippen LogP) is 4.40. The van der Waals surface area contributed by atoms with E-state index in [-0.39, 0.29) is 5.25 Å². The minimum absolute atomic E-state index is 0.192. The third-order valence-electron chi connectivity index (χ3n) is 4.24. The lowest BCUT2D eigenvalue weighted by atomic mass is 10.1. The first-order valence-corrected chi connectivity index (χ1v) is 10.1. The molecule has 0 N–H and O–H groups in total. The average Bonchev–Trinajstić information content (AvgIpc) is 2.53. The maximum absolute atomic E-state index is 11.9. The van der Waals surface area contributed by atoms with Crippen molar-refractivity contribution in [3.63, 3.8) is 0 Å². The van der Waals surface area contributed by atoms with Crippen molar-refractivity contribution in [2.45, 2.75) is 64.0 Å². The number of aryl methyl sites for hydroxylation is 1. The number of methoxy groups -OCH3 is 1. The van der Waals surface area contributed by atoms with Crippen LogP contribution in [-0.2, 0) is 16.3 Å². The van der Waals surface area contributed by atoms with Gasteiger partial charge < -0.3 is 4.74 Å². The zero-order valence-electron chi connectivity index (χ0n) is 14.2. The van der Waals surface area contributed by atoms with Crippen molar-refractivity contribution in [3.05, 3.63) is 29.8 Å². The highest BCUT2D eigenvalue weighted by atomic mass is 32.2. The molecule has 0 aliphatic heterocycles. The van der Waals surface area contributed by atoms with Gasteiger partial charge in [0.25, 0.3) is 0 Å². The Hall–Kier alpha value is -1.03. The molecular formula is C18H30O3S. The van der Waals surface area contributed by atoms with Gasteiger partial charge in [-0.25, -0.2) is 8.42 Å². The third-order valence-corrected chi connectivity index (χ3v) is 6.66. The van der Waals surface area contributed by atoms with Crippen molar-refractivity contribution >= 4 is 9.84 Å². The normalized spacial score (nSPS) is 13.0. The van der Waals surface area contributed by atoms with Crippen LogP contribution in [0.3, 0.4) is 0 Å². The number of unbranched alkanes of at least 4 members (excludes halogenated alkanes) is 4. The summed E-state index contributed by atoms with van der Waals surface area (Å²) in [6, 6.07) is 8.21. The molecule has 1 aromatic carbocycles. The molecule has 0 aromatic heterocycles. The number of hydrogen-bond donors (Lipinski definition) is 0. The van der Waals surface area contributed by atoms with Crippen LogP contribution in [0.2, 0.25) is 0 Å². The molecule has 1 aromatic rings. The van der Waals surface area contributed by atoms with Crippen LogP contribution in [0, 0.1) is 0 Å². The summed E-state index contributed by atoms with van der Waals surface area (Å²) in [7, 11) is -1.19. The fourth-order valence-electron chi connectivity index (χ4n) is 2.41. The highest BCUT2D eigenvalue weighted by Crippen LogP contribution is 2.15. The molecular weight excluding hydrogens is 296 g/mol. The zero-order chi connectivity index (χ0) is 16.4. The monoisotopic (exact) mass is 326 g/mol. The van der Waals surface area contributed by atoms with Crippen LogP contribution >= 0.6 is 0 Å². The van der Waals surface area contributed by atoms with Gasteiger partial charge in [-0.2, -0.15) is 0 Å². The van der Waals surface area contributed by atoms with Gasteiger partial charge in [-0.3, -0.25) is 0 Å². The lowest BCUT2D eigenvalue weighted by Crippen LogP contribution is -2.20. The smallest absolute Gasteiger partial charge is 0.152 e. The molecule has 0 bridgehead atoms. The summed E-state index contributed by atoms with van der Waals surface area (Å²) < 4.78 is 28.9. The molecule has 4 heteroatoms. The van der Waals surface area contributed by atoms with E-state index in [0.717, 1.165) is 44.3 Å². The van der Waals surface area contributed by atoms with Crippen LogP contribution in [0.5, 0.6) is 5.75 Å². The minimum Gasteiger partial charge on any atom is -0.497 e. The van der Waals surface area contributed by atoms with Crippen LogP contribution in [0.1, 0.15) is 57.9 Å². The number of sulfone groups is 1. The average molecular weight is 327 g/mol. The van der Waals surface area contributed by atoms with Crippen LogP contribution in [0.4, 0.5) is 0 Å². The first-order chi connectivity index (χ1) is 10.5. The molecule has 0 aliphatic rings. The molecule has 0 saturated heterocycles. The maximum Gasteiger partial charge on any atom is 0.152 e. The molecule has 0 fully saturated rings. The summed E-state index contributed by atoms with van der Waals surface area (Å²) in [5.74, 6) is 1.24. The second kappa shape index (κ2) is 9.88. The fourth-order valence-corrected chi connectivity index (χ4v) is 3.93. The Balaban J connectivity index is 2.10. The quantitative estimate of drug-likeness (QED) is 0.566. The SMILES string of the molecule is CCC(C)S(=O)(=O)CCCCCCCc1ccc(OC)cc1. The summed E-state index contributed by atoms with van der Waals surface area (Å²) in [5, 5.41) is -0.192. The second-order valence-electron chi connectivity index (χ2n) is 5.95. The fraction of sp³-hybridized carbons (Fsp3) is 0.667. The van der Waals surface area contributed by atoms with E-state index in [1.165, 1.54) is 5.56 Å². The van der Waals surface area contributed by atoms with E-state index < -0.39 is 9.84 Å². The van der Waals surface area contributed by atoms with Gasteiger partial charge in [-0.05, 0) is 50.3 Å². The Morgan fingerprint density at radius 3 is 2.18 bits per heavy atom. The van der Waals surface area contributed by atoms with E-state index in [1.807, 2.05) is 26.0 Å². The highest BCUT2D eigenvalue weighted by molar-refractivity contribution is 7.91. The van der Waals surface area contributed by atoms with E-state index in [9.17, 15) is 8.42 Å². The van der Waals surface area contributed by atoms with Crippen molar-refractivity contribution < 1.29 is 13.2 Å². The van der Waals surface area contributed by atoms with Crippen molar-refractivity contribution in [2.75, 3.05) is 12.9 Å². The molecule has 0 amide bonds. The molecule has 0 aliphatic carbocycles. The van der Waals surface area contributed by atoms with Crippen LogP contribution in [0.15, 0.2) is 24.3 Å². The summed E-state index contributed by atoms with van der Waals surface area (Å²) >= 11 is 0. The Labute approximate surface area is 136 Å². The summed E-state index contributed by atoms with van der Waals surface area (Å²) in [4.78, 5) is 0. The molecule has 126 valence electrons. The Kier molecular flexibility index (Phi) is 8.54. The molecule has 22 heavy (non-hydrogen) atoms. The molecule has 1 rings (SSSR count). The van der Waals surface area contributed by atoms with E-state index in [1.54, 1.807) is 7.11 Å². The molecule has 1 unspecified atom stereocenters. The van der Waals surface area contributed by atoms with Gasteiger partial charge in [0.1, 0.15) is 5.75 Å². The van der Waals surface area contributed by atoms with Crippen LogP contribution in [0.25, 0.3) is 0 Å². The van der Waals surface area contributed by atoms with Crippen molar-refractivity contribution in [2.24, 2.45) is 0 Å². The molecule has 3 nitrogen and oxygen atoms in total. The number of benzene rings is 1. The number of hydrogen-bond acceptors (Lipinski definition) is 3. The van der Waals surface area contributed by atoms with Crippen molar-refractivity contribution in [1.82, 2.24) is 0 Å².